The van der Waals surface area contributed by atoms with Gasteiger partial charge in [-0.2, -0.15) is 0 Å². The Labute approximate surface area is 143 Å². The molecule has 24 heavy (non-hydrogen) atoms. The van der Waals surface area contributed by atoms with E-state index in [1.54, 1.807) is 4.90 Å². The topological polar surface area (TPSA) is 67.9 Å². The van der Waals surface area contributed by atoms with Crippen LogP contribution < -0.4 is 5.32 Å². The summed E-state index contributed by atoms with van der Waals surface area (Å²) in [4.78, 5) is 25.7. The number of alkyl carbamates (subject to hydrolysis) is 1. The molecule has 1 saturated heterocycles. The van der Waals surface area contributed by atoms with E-state index in [4.69, 9.17) is 9.47 Å². The van der Waals surface area contributed by atoms with Gasteiger partial charge >= 0.3 is 12.2 Å². The van der Waals surface area contributed by atoms with Gasteiger partial charge in [-0.3, -0.25) is 0 Å². The molecule has 1 aliphatic rings. The molecule has 1 aliphatic heterocycles. The van der Waals surface area contributed by atoms with Crippen LogP contribution in [0.15, 0.2) is 30.3 Å². The Bertz CT molecular complexity index is 568. The zero-order chi connectivity index (χ0) is 17.7. The van der Waals surface area contributed by atoms with Crippen LogP contribution in [-0.4, -0.2) is 41.8 Å². The number of likely N-dealkylation sites (tertiary alicyclic amines) is 1. The zero-order valence-electron chi connectivity index (χ0n) is 14.7. The first-order valence-electron chi connectivity index (χ1n) is 8.20. The minimum absolute atomic E-state index is 0.138. The lowest BCUT2D eigenvalue weighted by molar-refractivity contribution is 0.0285. The van der Waals surface area contributed by atoms with Gasteiger partial charge in [-0.05, 0) is 32.3 Å². The van der Waals surface area contributed by atoms with Crippen LogP contribution in [-0.2, 0) is 16.1 Å². The lowest BCUT2D eigenvalue weighted by atomic mass is 10.1. The van der Waals surface area contributed by atoms with Crippen LogP contribution in [0.5, 0.6) is 0 Å². The first-order chi connectivity index (χ1) is 11.2. The SMILES string of the molecule is C[C@@H]1CN(C(=O)OC(C)(C)C)C[C@H]1NC(=O)OCc1ccccc1. The van der Waals surface area contributed by atoms with E-state index in [2.05, 4.69) is 5.32 Å². The molecule has 0 spiro atoms. The lowest BCUT2D eigenvalue weighted by Gasteiger charge is -2.24. The van der Waals surface area contributed by atoms with Gasteiger partial charge in [-0.1, -0.05) is 37.3 Å². The highest BCUT2D eigenvalue weighted by atomic mass is 16.6. The summed E-state index contributed by atoms with van der Waals surface area (Å²) in [6.07, 6.45) is -0.821. The molecule has 1 aromatic rings. The molecule has 0 bridgehead atoms. The van der Waals surface area contributed by atoms with Gasteiger partial charge in [-0.15, -0.1) is 0 Å². The van der Waals surface area contributed by atoms with Gasteiger partial charge in [0.25, 0.3) is 0 Å². The lowest BCUT2D eigenvalue weighted by Crippen LogP contribution is -2.41. The van der Waals surface area contributed by atoms with Crippen molar-refractivity contribution in [3.8, 4) is 0 Å². The monoisotopic (exact) mass is 334 g/mol. The minimum Gasteiger partial charge on any atom is -0.445 e. The van der Waals surface area contributed by atoms with Gasteiger partial charge in [0.2, 0.25) is 0 Å². The summed E-state index contributed by atoms with van der Waals surface area (Å²) >= 11 is 0. The molecule has 0 unspecified atom stereocenters. The van der Waals surface area contributed by atoms with Crippen LogP contribution in [0.4, 0.5) is 9.59 Å². The van der Waals surface area contributed by atoms with Crippen molar-refractivity contribution >= 4 is 12.2 Å². The summed E-state index contributed by atoms with van der Waals surface area (Å²) in [6.45, 7) is 8.70. The van der Waals surface area contributed by atoms with Crippen LogP contribution >= 0.6 is 0 Å². The second kappa shape index (κ2) is 7.55. The van der Waals surface area contributed by atoms with Crippen LogP contribution in [0.3, 0.4) is 0 Å². The summed E-state index contributed by atoms with van der Waals surface area (Å²) in [6, 6.07) is 9.36. The average Bonchev–Trinajstić information content (AvgIpc) is 2.86. The number of rotatable bonds is 3. The van der Waals surface area contributed by atoms with E-state index in [0.717, 1.165) is 5.56 Å². The van der Waals surface area contributed by atoms with Crippen LogP contribution in [0, 0.1) is 5.92 Å². The third-order valence-electron chi connectivity index (χ3n) is 3.78. The summed E-state index contributed by atoms with van der Waals surface area (Å²) in [5, 5.41) is 2.84. The molecule has 1 N–H and O–H groups in total. The second-order valence-electron chi connectivity index (χ2n) is 7.18. The molecule has 1 aromatic carbocycles. The smallest absolute Gasteiger partial charge is 0.410 e. The molecule has 132 valence electrons. The molecule has 0 aliphatic carbocycles. The molecule has 6 nitrogen and oxygen atoms in total. The van der Waals surface area contributed by atoms with Gasteiger partial charge in [0.05, 0.1) is 6.04 Å². The molecule has 2 rings (SSSR count). The Morgan fingerprint density at radius 2 is 1.88 bits per heavy atom. The summed E-state index contributed by atoms with van der Waals surface area (Å²) < 4.78 is 10.6. The van der Waals surface area contributed by atoms with E-state index in [9.17, 15) is 9.59 Å². The summed E-state index contributed by atoms with van der Waals surface area (Å²) in [5.41, 5.74) is 0.406. The van der Waals surface area contributed by atoms with E-state index < -0.39 is 11.7 Å². The number of nitrogens with zero attached hydrogens (tertiary/aromatic N) is 1. The first kappa shape index (κ1) is 18.1. The van der Waals surface area contributed by atoms with Gasteiger partial charge in [0, 0.05) is 13.1 Å². The van der Waals surface area contributed by atoms with E-state index >= 15 is 0 Å². The predicted molar refractivity (Wildman–Crippen MR) is 90.5 cm³/mol. The largest absolute Gasteiger partial charge is 0.445 e. The highest BCUT2D eigenvalue weighted by molar-refractivity contribution is 5.70. The van der Waals surface area contributed by atoms with Crippen molar-refractivity contribution in [3.05, 3.63) is 35.9 Å². The van der Waals surface area contributed by atoms with Gasteiger partial charge in [0.15, 0.2) is 0 Å². The highest BCUT2D eigenvalue weighted by Crippen LogP contribution is 2.19. The Balaban J connectivity index is 1.80. The fraction of sp³-hybridized carbons (Fsp3) is 0.556. The number of hydrogen-bond acceptors (Lipinski definition) is 4. The van der Waals surface area contributed by atoms with Crippen molar-refractivity contribution in [2.75, 3.05) is 13.1 Å². The molecule has 1 fully saturated rings. The third kappa shape index (κ3) is 5.44. The van der Waals surface area contributed by atoms with Crippen molar-refractivity contribution in [2.24, 2.45) is 5.92 Å². The van der Waals surface area contributed by atoms with Crippen LogP contribution in [0.2, 0.25) is 0 Å². The van der Waals surface area contributed by atoms with Gasteiger partial charge < -0.3 is 19.7 Å². The van der Waals surface area contributed by atoms with Crippen molar-refractivity contribution < 1.29 is 19.1 Å². The maximum atomic E-state index is 12.1. The Kier molecular flexibility index (Phi) is 5.70. The Morgan fingerprint density at radius 1 is 1.21 bits per heavy atom. The number of ether oxygens (including phenoxy) is 2. The normalized spacial score (nSPS) is 20.6. The standard InChI is InChI=1S/C18H26N2O4/c1-13-10-20(17(22)24-18(2,3)4)11-15(13)19-16(21)23-12-14-8-6-5-7-9-14/h5-9,13,15H,10-12H2,1-4H3,(H,19,21)/t13-,15-/m1/s1. The fourth-order valence-corrected chi connectivity index (χ4v) is 2.55. The quantitative estimate of drug-likeness (QED) is 0.922. The second-order valence-corrected chi connectivity index (χ2v) is 7.18. The summed E-state index contributed by atoms with van der Waals surface area (Å²) in [5.74, 6) is 0.141. The number of benzene rings is 1. The molecule has 2 atom stereocenters. The molecule has 0 aromatic heterocycles. The minimum atomic E-state index is -0.527. The van der Waals surface area contributed by atoms with Crippen molar-refractivity contribution in [1.82, 2.24) is 10.2 Å². The van der Waals surface area contributed by atoms with E-state index in [1.165, 1.54) is 0 Å². The number of carbonyl (C=O) groups is 2. The van der Waals surface area contributed by atoms with Crippen LogP contribution in [0.25, 0.3) is 0 Å². The molecule has 1 heterocycles. The predicted octanol–water partition coefficient (Wildman–Crippen LogP) is 3.17. The summed E-state index contributed by atoms with van der Waals surface area (Å²) in [7, 11) is 0. The molecular weight excluding hydrogens is 308 g/mol. The zero-order valence-corrected chi connectivity index (χ0v) is 14.7. The number of hydrogen-bond donors (Lipinski definition) is 1. The van der Waals surface area contributed by atoms with E-state index in [0.29, 0.717) is 13.1 Å². The molecule has 0 saturated carbocycles. The van der Waals surface area contributed by atoms with Gasteiger partial charge in [0.1, 0.15) is 12.2 Å². The van der Waals surface area contributed by atoms with Gasteiger partial charge in [-0.25, -0.2) is 9.59 Å². The van der Waals surface area contributed by atoms with Crippen LogP contribution in [0.1, 0.15) is 33.3 Å². The number of amides is 2. The Hall–Kier alpha value is -2.24. The molecule has 6 heteroatoms. The van der Waals surface area contributed by atoms with Crippen molar-refractivity contribution in [2.45, 2.75) is 45.9 Å². The highest BCUT2D eigenvalue weighted by Gasteiger charge is 2.35. The average molecular weight is 334 g/mol. The Morgan fingerprint density at radius 3 is 2.50 bits per heavy atom. The molecular formula is C18H26N2O4. The number of carbonyl (C=O) groups excluding carboxylic acids is 2. The van der Waals surface area contributed by atoms with Crippen molar-refractivity contribution in [3.63, 3.8) is 0 Å². The maximum absolute atomic E-state index is 12.1. The first-order valence-corrected chi connectivity index (χ1v) is 8.20. The van der Waals surface area contributed by atoms with E-state index in [1.807, 2.05) is 58.0 Å². The fourth-order valence-electron chi connectivity index (χ4n) is 2.55. The van der Waals surface area contributed by atoms with Crippen molar-refractivity contribution in [1.29, 1.82) is 0 Å². The maximum Gasteiger partial charge on any atom is 0.410 e. The third-order valence-corrected chi connectivity index (χ3v) is 3.78. The molecule has 0 radical (unpaired) electrons. The number of nitrogens with one attached hydrogen (secondary N) is 1. The van der Waals surface area contributed by atoms with E-state index in [-0.39, 0.29) is 24.7 Å². The molecule has 2 amide bonds.